The summed E-state index contributed by atoms with van der Waals surface area (Å²) < 4.78 is 0. The highest BCUT2D eigenvalue weighted by atomic mass is 16.3. The first kappa shape index (κ1) is 14.5. The van der Waals surface area contributed by atoms with E-state index in [1.165, 1.54) is 5.56 Å². The molecule has 2 atom stereocenters. The number of carbonyl (C=O) groups is 1. The maximum atomic E-state index is 12.7. The molecule has 21 heavy (non-hydrogen) atoms. The summed E-state index contributed by atoms with van der Waals surface area (Å²) in [6, 6.07) is 10.2. The fraction of sp³-hybridized carbons (Fsp3) is 0.588. The molecule has 0 radical (unpaired) electrons. The number of aliphatic hydroxyl groups excluding tert-OH is 2. The lowest BCUT2D eigenvalue weighted by atomic mass is 9.93. The second-order valence-electron chi connectivity index (χ2n) is 6.52. The van der Waals surface area contributed by atoms with E-state index in [-0.39, 0.29) is 11.3 Å². The van der Waals surface area contributed by atoms with Gasteiger partial charge in [-0.05, 0) is 31.2 Å². The van der Waals surface area contributed by atoms with Gasteiger partial charge in [-0.1, -0.05) is 30.3 Å². The molecule has 114 valence electrons. The SMILES string of the molecule is O=C(N1C[C@H](O)C[C@H](O)C1)C1(CCc2ccccc2)CC1. The zero-order valence-corrected chi connectivity index (χ0v) is 12.2. The highest BCUT2D eigenvalue weighted by Gasteiger charge is 2.51. The van der Waals surface area contributed by atoms with Crippen molar-refractivity contribution < 1.29 is 15.0 Å². The predicted octanol–water partition coefficient (Wildman–Crippen LogP) is 1.35. The molecule has 1 aromatic carbocycles. The number of piperidine rings is 1. The van der Waals surface area contributed by atoms with E-state index in [1.54, 1.807) is 4.90 Å². The monoisotopic (exact) mass is 289 g/mol. The number of likely N-dealkylation sites (tertiary alicyclic amines) is 1. The van der Waals surface area contributed by atoms with Crippen LogP contribution in [0.2, 0.25) is 0 Å². The van der Waals surface area contributed by atoms with Crippen molar-refractivity contribution in [2.75, 3.05) is 13.1 Å². The molecular weight excluding hydrogens is 266 g/mol. The average Bonchev–Trinajstić information content (AvgIpc) is 3.26. The fourth-order valence-corrected chi connectivity index (χ4v) is 3.30. The van der Waals surface area contributed by atoms with E-state index in [1.807, 2.05) is 18.2 Å². The number of aliphatic hydroxyl groups is 2. The van der Waals surface area contributed by atoms with Crippen LogP contribution in [0.1, 0.15) is 31.2 Å². The molecule has 0 bridgehead atoms. The summed E-state index contributed by atoms with van der Waals surface area (Å²) in [5.41, 5.74) is 1.02. The van der Waals surface area contributed by atoms with Crippen molar-refractivity contribution in [3.8, 4) is 0 Å². The summed E-state index contributed by atoms with van der Waals surface area (Å²) in [4.78, 5) is 14.4. The molecule has 0 spiro atoms. The molecule has 1 aliphatic heterocycles. The van der Waals surface area contributed by atoms with Crippen LogP contribution in [0, 0.1) is 5.41 Å². The van der Waals surface area contributed by atoms with Crippen LogP contribution in [0.4, 0.5) is 0 Å². The van der Waals surface area contributed by atoms with Gasteiger partial charge in [0.05, 0.1) is 12.2 Å². The predicted molar refractivity (Wildman–Crippen MR) is 79.6 cm³/mol. The number of hydrogen-bond donors (Lipinski definition) is 2. The van der Waals surface area contributed by atoms with Crippen molar-refractivity contribution in [3.05, 3.63) is 35.9 Å². The van der Waals surface area contributed by atoms with Crippen molar-refractivity contribution in [1.82, 2.24) is 4.90 Å². The Bertz CT molecular complexity index is 488. The van der Waals surface area contributed by atoms with Gasteiger partial charge >= 0.3 is 0 Å². The number of hydrogen-bond acceptors (Lipinski definition) is 3. The van der Waals surface area contributed by atoms with Crippen LogP contribution in [0.25, 0.3) is 0 Å². The van der Waals surface area contributed by atoms with Crippen LogP contribution in [-0.4, -0.2) is 46.3 Å². The van der Waals surface area contributed by atoms with E-state index >= 15 is 0 Å². The molecule has 1 aromatic rings. The fourth-order valence-electron chi connectivity index (χ4n) is 3.30. The van der Waals surface area contributed by atoms with E-state index in [0.29, 0.717) is 19.5 Å². The largest absolute Gasteiger partial charge is 0.391 e. The Balaban J connectivity index is 1.61. The summed E-state index contributed by atoms with van der Waals surface area (Å²) in [6.07, 6.45) is 2.82. The average molecular weight is 289 g/mol. The Labute approximate surface area is 125 Å². The van der Waals surface area contributed by atoms with Crippen LogP contribution < -0.4 is 0 Å². The summed E-state index contributed by atoms with van der Waals surface area (Å²) in [7, 11) is 0. The van der Waals surface area contributed by atoms with Gasteiger partial charge in [0.15, 0.2) is 0 Å². The lowest BCUT2D eigenvalue weighted by molar-refractivity contribution is -0.143. The Morgan fingerprint density at radius 2 is 1.76 bits per heavy atom. The van der Waals surface area contributed by atoms with Gasteiger partial charge in [-0.3, -0.25) is 4.79 Å². The number of nitrogens with zero attached hydrogens (tertiary/aromatic N) is 1. The topological polar surface area (TPSA) is 60.8 Å². The third-order valence-electron chi connectivity index (χ3n) is 4.74. The van der Waals surface area contributed by atoms with Gasteiger partial charge in [0.2, 0.25) is 5.91 Å². The minimum absolute atomic E-state index is 0.122. The molecule has 1 aliphatic carbocycles. The van der Waals surface area contributed by atoms with Crippen LogP contribution in [0.3, 0.4) is 0 Å². The van der Waals surface area contributed by atoms with E-state index in [9.17, 15) is 15.0 Å². The van der Waals surface area contributed by atoms with Gasteiger partial charge in [0.25, 0.3) is 0 Å². The molecule has 0 unspecified atom stereocenters. The Morgan fingerprint density at radius 3 is 2.33 bits per heavy atom. The van der Waals surface area contributed by atoms with E-state index in [0.717, 1.165) is 25.7 Å². The molecule has 3 rings (SSSR count). The van der Waals surface area contributed by atoms with Crippen LogP contribution in [0.5, 0.6) is 0 Å². The number of amides is 1. The van der Waals surface area contributed by atoms with Crippen molar-refractivity contribution in [3.63, 3.8) is 0 Å². The molecule has 0 aromatic heterocycles. The van der Waals surface area contributed by atoms with Crippen molar-refractivity contribution in [1.29, 1.82) is 0 Å². The summed E-state index contributed by atoms with van der Waals surface area (Å²) in [5.74, 6) is 0.122. The Morgan fingerprint density at radius 1 is 1.14 bits per heavy atom. The number of carbonyl (C=O) groups excluding carboxylic acids is 1. The number of aryl methyl sites for hydroxylation is 1. The highest BCUT2D eigenvalue weighted by molar-refractivity contribution is 5.85. The van der Waals surface area contributed by atoms with Crippen LogP contribution in [-0.2, 0) is 11.2 Å². The minimum atomic E-state index is -0.595. The second-order valence-corrected chi connectivity index (χ2v) is 6.52. The molecule has 1 heterocycles. The molecule has 1 saturated heterocycles. The maximum Gasteiger partial charge on any atom is 0.228 e. The van der Waals surface area contributed by atoms with Crippen LogP contribution >= 0.6 is 0 Å². The minimum Gasteiger partial charge on any atom is -0.391 e. The molecule has 2 aliphatic rings. The van der Waals surface area contributed by atoms with Gasteiger partial charge in [-0.25, -0.2) is 0 Å². The van der Waals surface area contributed by atoms with Gasteiger partial charge < -0.3 is 15.1 Å². The standard InChI is InChI=1S/C17H23NO3/c19-14-10-15(20)12-18(11-14)16(21)17(8-9-17)7-6-13-4-2-1-3-5-13/h1-5,14-15,19-20H,6-12H2/t14-,15+. The number of benzene rings is 1. The Kier molecular flexibility index (Phi) is 4.00. The molecule has 2 N–H and O–H groups in total. The van der Waals surface area contributed by atoms with E-state index < -0.39 is 12.2 Å². The lowest BCUT2D eigenvalue weighted by Crippen LogP contribution is -2.50. The lowest BCUT2D eigenvalue weighted by Gasteiger charge is -2.35. The van der Waals surface area contributed by atoms with E-state index in [4.69, 9.17) is 0 Å². The number of β-amino-alcohol motifs (C(OH)–C–C–N with tert-alkyl or cyclic N) is 2. The van der Waals surface area contributed by atoms with Crippen molar-refractivity contribution in [2.24, 2.45) is 5.41 Å². The third-order valence-corrected chi connectivity index (χ3v) is 4.74. The molecule has 1 amide bonds. The second kappa shape index (κ2) is 5.78. The first-order valence-corrected chi connectivity index (χ1v) is 7.78. The van der Waals surface area contributed by atoms with Gasteiger partial charge in [-0.15, -0.1) is 0 Å². The summed E-state index contributed by atoms with van der Waals surface area (Å²) >= 11 is 0. The molecule has 4 nitrogen and oxygen atoms in total. The molecular formula is C17H23NO3. The normalized spacial score (nSPS) is 27.4. The van der Waals surface area contributed by atoms with Crippen molar-refractivity contribution in [2.45, 2.75) is 44.3 Å². The van der Waals surface area contributed by atoms with Gasteiger partial charge in [-0.2, -0.15) is 0 Å². The third kappa shape index (κ3) is 3.27. The summed E-state index contributed by atoms with van der Waals surface area (Å²) in [5, 5.41) is 19.5. The Hall–Kier alpha value is -1.39. The smallest absolute Gasteiger partial charge is 0.228 e. The van der Waals surface area contributed by atoms with Crippen LogP contribution in [0.15, 0.2) is 30.3 Å². The molecule has 4 heteroatoms. The molecule has 2 fully saturated rings. The van der Waals surface area contributed by atoms with Gasteiger partial charge in [0, 0.05) is 24.9 Å². The maximum absolute atomic E-state index is 12.7. The zero-order chi connectivity index (χ0) is 14.9. The first-order chi connectivity index (χ1) is 10.1. The molecule has 1 saturated carbocycles. The highest BCUT2D eigenvalue weighted by Crippen LogP contribution is 2.51. The zero-order valence-electron chi connectivity index (χ0n) is 12.2. The number of rotatable bonds is 4. The van der Waals surface area contributed by atoms with Gasteiger partial charge in [0.1, 0.15) is 0 Å². The van der Waals surface area contributed by atoms with E-state index in [2.05, 4.69) is 12.1 Å². The summed E-state index contributed by atoms with van der Waals surface area (Å²) in [6.45, 7) is 0.728. The quantitative estimate of drug-likeness (QED) is 0.879. The van der Waals surface area contributed by atoms with Crippen molar-refractivity contribution >= 4 is 5.91 Å². The first-order valence-electron chi connectivity index (χ1n) is 7.78.